The van der Waals surface area contributed by atoms with E-state index in [1.165, 1.54) is 17.7 Å². The molecule has 2 aliphatic heterocycles. The number of hydrogen-bond donors (Lipinski definition) is 2. The number of ether oxygens (including phenoxy) is 1. The Labute approximate surface area is 190 Å². The number of fused-ring (bicyclic) bond motifs is 1. The fourth-order valence-electron chi connectivity index (χ4n) is 5.01. The van der Waals surface area contributed by atoms with E-state index in [1.807, 2.05) is 31.2 Å². The maximum Gasteiger partial charge on any atom is 0.416 e. The minimum Gasteiger partial charge on any atom is -0.385 e. The second kappa shape index (κ2) is 8.74. The van der Waals surface area contributed by atoms with Crippen molar-refractivity contribution in [2.75, 3.05) is 26.3 Å². The summed E-state index contributed by atoms with van der Waals surface area (Å²) in [6.07, 6.45) is -2.56. The van der Waals surface area contributed by atoms with Gasteiger partial charge in [-0.1, -0.05) is 42.0 Å². The van der Waals surface area contributed by atoms with Crippen molar-refractivity contribution in [1.29, 1.82) is 0 Å². The minimum absolute atomic E-state index is 0.225. The second-order valence-electron chi connectivity index (χ2n) is 9.48. The molecule has 2 saturated heterocycles. The predicted octanol–water partition coefficient (Wildman–Crippen LogP) is 3.60. The summed E-state index contributed by atoms with van der Waals surface area (Å²) in [4.78, 5) is 12.5. The van der Waals surface area contributed by atoms with Crippen molar-refractivity contribution in [3.63, 3.8) is 0 Å². The van der Waals surface area contributed by atoms with Crippen LogP contribution in [0.3, 0.4) is 0 Å². The maximum absolute atomic E-state index is 12.6. The molecule has 0 spiro atoms. The molecule has 2 aromatic rings. The average Bonchev–Trinajstić information content (AvgIpc) is 3.28. The Bertz CT molecular complexity index is 957. The molecule has 3 aliphatic rings. The van der Waals surface area contributed by atoms with E-state index in [0.29, 0.717) is 44.7 Å². The van der Waals surface area contributed by atoms with E-state index in [2.05, 4.69) is 0 Å². The third kappa shape index (κ3) is 4.93. The Morgan fingerprint density at radius 2 is 1.39 bits per heavy atom. The van der Waals surface area contributed by atoms with Gasteiger partial charge in [0.2, 0.25) is 6.41 Å². The van der Waals surface area contributed by atoms with Crippen LogP contribution in [0.1, 0.15) is 35.1 Å². The summed E-state index contributed by atoms with van der Waals surface area (Å²) in [7, 11) is 0. The molecule has 5 rings (SSSR count). The molecule has 2 atom stereocenters. The number of carbonyl (C=O) groups is 1. The van der Waals surface area contributed by atoms with Crippen LogP contribution in [0, 0.1) is 18.8 Å². The van der Waals surface area contributed by atoms with Gasteiger partial charge in [0.05, 0.1) is 24.4 Å². The molecule has 0 bridgehead atoms. The van der Waals surface area contributed by atoms with E-state index in [1.54, 1.807) is 4.90 Å². The normalized spacial score (nSPS) is 27.9. The Morgan fingerprint density at radius 1 is 0.909 bits per heavy atom. The van der Waals surface area contributed by atoms with Crippen LogP contribution in [0.25, 0.3) is 0 Å². The molecule has 5 nitrogen and oxygen atoms in total. The van der Waals surface area contributed by atoms with E-state index in [0.717, 1.165) is 24.1 Å². The first-order valence-corrected chi connectivity index (χ1v) is 11.0. The lowest BCUT2D eigenvalue weighted by Crippen LogP contribution is -2.46. The molecule has 1 aliphatic carbocycles. The predicted molar refractivity (Wildman–Crippen MR) is 115 cm³/mol. The molecule has 1 saturated carbocycles. The molecule has 0 aromatic heterocycles. The van der Waals surface area contributed by atoms with Crippen molar-refractivity contribution < 1.29 is 32.9 Å². The number of likely N-dealkylation sites (tertiary alicyclic amines) is 1. The number of aliphatic hydroxyl groups is 2. The lowest BCUT2D eigenvalue weighted by molar-refractivity contribution is -0.184. The standard InChI is InChI=1S/C15H16F3NO2.C10H12O2/c16-15(17,18)13-3-1-12(2-4-13)14(21)5-10-7-19(9-20)8-11(10)6-14;1-8-2-4-9(5-3-8)10(11)6-12-7-10/h1-4,9-11,21H,5-8H2;2-5,11H,6-7H2,1H3. The van der Waals surface area contributed by atoms with Gasteiger partial charge in [-0.3, -0.25) is 4.79 Å². The molecule has 0 radical (unpaired) electrons. The van der Waals surface area contributed by atoms with Gasteiger partial charge in [0.1, 0.15) is 5.60 Å². The smallest absolute Gasteiger partial charge is 0.385 e. The van der Waals surface area contributed by atoms with E-state index >= 15 is 0 Å². The monoisotopic (exact) mass is 463 g/mol. The topological polar surface area (TPSA) is 70.0 Å². The lowest BCUT2D eigenvalue weighted by atomic mass is 9.90. The van der Waals surface area contributed by atoms with Crippen molar-refractivity contribution in [3.8, 4) is 0 Å². The summed E-state index contributed by atoms with van der Waals surface area (Å²) >= 11 is 0. The maximum atomic E-state index is 12.6. The van der Waals surface area contributed by atoms with Gasteiger partial charge in [-0.05, 0) is 54.9 Å². The second-order valence-corrected chi connectivity index (χ2v) is 9.48. The first-order chi connectivity index (χ1) is 15.5. The Balaban J connectivity index is 0.000000183. The van der Waals surface area contributed by atoms with Gasteiger partial charge >= 0.3 is 6.18 Å². The van der Waals surface area contributed by atoms with Crippen LogP contribution < -0.4 is 0 Å². The summed E-state index contributed by atoms with van der Waals surface area (Å²) in [6.45, 7) is 4.13. The number of halogens is 3. The van der Waals surface area contributed by atoms with E-state index in [-0.39, 0.29) is 11.8 Å². The number of benzene rings is 2. The molecule has 2 aromatic carbocycles. The Kier molecular flexibility index (Phi) is 6.28. The van der Waals surface area contributed by atoms with Gasteiger partial charge in [0.15, 0.2) is 0 Å². The van der Waals surface area contributed by atoms with Gasteiger partial charge in [-0.25, -0.2) is 0 Å². The van der Waals surface area contributed by atoms with E-state index < -0.39 is 22.9 Å². The highest BCUT2D eigenvalue weighted by Crippen LogP contribution is 2.49. The average molecular weight is 463 g/mol. The third-order valence-electron chi connectivity index (χ3n) is 6.97. The van der Waals surface area contributed by atoms with Crippen LogP contribution in [0.5, 0.6) is 0 Å². The summed E-state index contributed by atoms with van der Waals surface area (Å²) < 4.78 is 42.7. The molecule has 178 valence electrons. The summed E-state index contributed by atoms with van der Waals surface area (Å²) in [6, 6.07) is 12.7. The van der Waals surface area contributed by atoms with Crippen molar-refractivity contribution in [2.45, 2.75) is 37.1 Å². The van der Waals surface area contributed by atoms with Gasteiger partial charge in [-0.15, -0.1) is 0 Å². The fraction of sp³-hybridized carbons (Fsp3) is 0.480. The first kappa shape index (κ1) is 23.7. The van der Waals surface area contributed by atoms with Gasteiger partial charge < -0.3 is 19.8 Å². The van der Waals surface area contributed by atoms with Gasteiger partial charge in [-0.2, -0.15) is 13.2 Å². The number of aryl methyl sites for hydroxylation is 1. The summed E-state index contributed by atoms with van der Waals surface area (Å²) in [5, 5.41) is 20.6. The number of alkyl halides is 3. The largest absolute Gasteiger partial charge is 0.416 e. The van der Waals surface area contributed by atoms with Crippen molar-refractivity contribution in [3.05, 3.63) is 70.8 Å². The SMILES string of the molecule is Cc1ccc(C2(O)COC2)cc1.O=CN1CC2CC(O)(c3ccc(C(F)(F)F)cc3)CC2C1. The Hall–Kier alpha value is -2.42. The van der Waals surface area contributed by atoms with Gasteiger partial charge in [0, 0.05) is 13.1 Å². The molecule has 2 N–H and O–H groups in total. The molecule has 1 amide bonds. The third-order valence-corrected chi connectivity index (χ3v) is 6.97. The summed E-state index contributed by atoms with van der Waals surface area (Å²) in [5.41, 5.74) is 0.201. The minimum atomic E-state index is -4.36. The van der Waals surface area contributed by atoms with Gasteiger partial charge in [0.25, 0.3) is 0 Å². The number of carbonyl (C=O) groups excluding carboxylic acids is 1. The Morgan fingerprint density at radius 3 is 1.82 bits per heavy atom. The zero-order chi connectivity index (χ0) is 23.9. The molecule has 2 heterocycles. The number of nitrogens with zero attached hydrogens (tertiary/aromatic N) is 1. The quantitative estimate of drug-likeness (QED) is 0.683. The first-order valence-electron chi connectivity index (χ1n) is 11.0. The van der Waals surface area contributed by atoms with E-state index in [9.17, 15) is 28.2 Å². The van der Waals surface area contributed by atoms with Crippen LogP contribution in [-0.2, 0) is 26.9 Å². The highest BCUT2D eigenvalue weighted by Gasteiger charge is 2.49. The number of amides is 1. The molecule has 8 heteroatoms. The molecular weight excluding hydrogens is 435 g/mol. The lowest BCUT2D eigenvalue weighted by Gasteiger charge is -2.36. The van der Waals surface area contributed by atoms with Crippen LogP contribution >= 0.6 is 0 Å². The van der Waals surface area contributed by atoms with Crippen LogP contribution in [0.2, 0.25) is 0 Å². The summed E-state index contributed by atoms with van der Waals surface area (Å²) in [5.74, 6) is 0.449. The highest BCUT2D eigenvalue weighted by molar-refractivity contribution is 5.48. The van der Waals surface area contributed by atoms with Crippen LogP contribution in [0.15, 0.2) is 48.5 Å². The fourth-order valence-corrected chi connectivity index (χ4v) is 5.01. The molecule has 33 heavy (non-hydrogen) atoms. The number of rotatable bonds is 3. The highest BCUT2D eigenvalue weighted by atomic mass is 19.4. The zero-order valence-corrected chi connectivity index (χ0v) is 18.4. The number of hydrogen-bond acceptors (Lipinski definition) is 4. The molecule has 2 unspecified atom stereocenters. The van der Waals surface area contributed by atoms with Crippen molar-refractivity contribution in [2.24, 2.45) is 11.8 Å². The molecular formula is C25H28F3NO4. The van der Waals surface area contributed by atoms with Crippen molar-refractivity contribution in [1.82, 2.24) is 4.90 Å². The zero-order valence-electron chi connectivity index (χ0n) is 18.4. The van der Waals surface area contributed by atoms with Crippen molar-refractivity contribution >= 4 is 6.41 Å². The molecule has 3 fully saturated rings. The van der Waals surface area contributed by atoms with Crippen LogP contribution in [-0.4, -0.2) is 47.8 Å². The van der Waals surface area contributed by atoms with E-state index in [4.69, 9.17) is 4.74 Å². The van der Waals surface area contributed by atoms with Crippen LogP contribution in [0.4, 0.5) is 13.2 Å².